The van der Waals surface area contributed by atoms with Crippen LogP contribution in [0.3, 0.4) is 0 Å². The molecule has 1 aliphatic carbocycles. The number of amides is 1. The van der Waals surface area contributed by atoms with Crippen molar-refractivity contribution in [3.63, 3.8) is 0 Å². The first-order valence-electron chi connectivity index (χ1n) is 7.41. The smallest absolute Gasteiger partial charge is 0.247 e. The first-order valence-corrected chi connectivity index (χ1v) is 7.41. The van der Waals surface area contributed by atoms with Gasteiger partial charge in [0.1, 0.15) is 6.04 Å². The Morgan fingerprint density at radius 2 is 2.15 bits per heavy atom. The molecule has 1 aromatic rings. The second-order valence-corrected chi connectivity index (χ2v) is 6.10. The molecule has 4 nitrogen and oxygen atoms in total. The van der Waals surface area contributed by atoms with Gasteiger partial charge < -0.3 is 10.2 Å². The fraction of sp³-hybridized carbons (Fsp3) is 0.500. The average Bonchev–Trinajstić information content (AvgIpc) is 2.87. The molecule has 0 spiro atoms. The third kappa shape index (κ3) is 1.56. The SMILES string of the molecule is N#Cc1ccc2c(c1)N1C(CC3CCCCC31)C(=O)N2. The Labute approximate surface area is 118 Å². The van der Waals surface area contributed by atoms with Crippen molar-refractivity contribution in [3.05, 3.63) is 23.8 Å². The van der Waals surface area contributed by atoms with Crippen LogP contribution in [0.5, 0.6) is 0 Å². The highest BCUT2D eigenvalue weighted by Crippen LogP contribution is 2.46. The summed E-state index contributed by atoms with van der Waals surface area (Å²) in [6.45, 7) is 0. The number of nitrogens with zero attached hydrogens (tertiary/aromatic N) is 2. The zero-order valence-corrected chi connectivity index (χ0v) is 11.3. The average molecular weight is 267 g/mol. The molecule has 102 valence electrons. The molecule has 0 aromatic heterocycles. The standard InChI is InChI=1S/C16H17N3O/c17-9-10-5-6-12-14(7-10)19-13-4-2-1-3-11(13)8-15(19)16(20)18-12/h5-7,11,13,15H,1-4,8H2,(H,18,20). The van der Waals surface area contributed by atoms with Crippen molar-refractivity contribution in [1.29, 1.82) is 5.26 Å². The lowest BCUT2D eigenvalue weighted by Gasteiger charge is -2.39. The summed E-state index contributed by atoms with van der Waals surface area (Å²) in [6, 6.07) is 8.20. The van der Waals surface area contributed by atoms with Crippen LogP contribution in [-0.2, 0) is 4.79 Å². The molecule has 3 aliphatic rings. The molecule has 1 saturated heterocycles. The molecule has 2 fully saturated rings. The third-order valence-electron chi connectivity index (χ3n) is 5.05. The van der Waals surface area contributed by atoms with E-state index >= 15 is 0 Å². The highest BCUT2D eigenvalue weighted by Gasteiger charge is 2.47. The van der Waals surface area contributed by atoms with Crippen LogP contribution in [0.4, 0.5) is 11.4 Å². The van der Waals surface area contributed by atoms with E-state index in [2.05, 4.69) is 16.3 Å². The Bertz CT molecular complexity index is 619. The van der Waals surface area contributed by atoms with Crippen LogP contribution >= 0.6 is 0 Å². The molecule has 0 bridgehead atoms. The second kappa shape index (κ2) is 4.24. The molecular formula is C16H17N3O. The highest BCUT2D eigenvalue weighted by atomic mass is 16.2. The van der Waals surface area contributed by atoms with Crippen molar-refractivity contribution in [2.45, 2.75) is 44.2 Å². The number of hydrogen-bond acceptors (Lipinski definition) is 3. The van der Waals surface area contributed by atoms with Gasteiger partial charge in [-0.15, -0.1) is 0 Å². The molecule has 3 unspecified atom stereocenters. The minimum Gasteiger partial charge on any atom is -0.354 e. The van der Waals surface area contributed by atoms with Crippen LogP contribution in [-0.4, -0.2) is 18.0 Å². The number of rotatable bonds is 0. The summed E-state index contributed by atoms with van der Waals surface area (Å²) >= 11 is 0. The lowest BCUT2D eigenvalue weighted by molar-refractivity contribution is -0.117. The summed E-state index contributed by atoms with van der Waals surface area (Å²) in [4.78, 5) is 14.6. The lowest BCUT2D eigenvalue weighted by Crippen LogP contribution is -2.48. The fourth-order valence-corrected chi connectivity index (χ4v) is 4.18. The van der Waals surface area contributed by atoms with Gasteiger partial charge in [0.25, 0.3) is 0 Å². The van der Waals surface area contributed by atoms with Crippen LogP contribution in [0.2, 0.25) is 0 Å². The molecule has 1 aromatic carbocycles. The quantitative estimate of drug-likeness (QED) is 0.786. The number of anilines is 2. The highest BCUT2D eigenvalue weighted by molar-refractivity contribution is 6.04. The Hall–Kier alpha value is -2.02. The number of fused-ring (bicyclic) bond motifs is 5. The molecule has 1 N–H and O–H groups in total. The van der Waals surface area contributed by atoms with Crippen LogP contribution < -0.4 is 10.2 Å². The zero-order chi connectivity index (χ0) is 13.7. The lowest BCUT2D eigenvalue weighted by atomic mass is 9.84. The number of nitriles is 1. The Morgan fingerprint density at radius 1 is 1.30 bits per heavy atom. The van der Waals surface area contributed by atoms with Gasteiger partial charge in [0.2, 0.25) is 5.91 Å². The Morgan fingerprint density at radius 3 is 3.00 bits per heavy atom. The number of hydrogen-bond donors (Lipinski definition) is 1. The van der Waals surface area contributed by atoms with E-state index in [1.165, 1.54) is 25.7 Å². The maximum atomic E-state index is 12.3. The van der Waals surface area contributed by atoms with E-state index in [1.54, 1.807) is 6.07 Å². The van der Waals surface area contributed by atoms with Crippen molar-refractivity contribution < 1.29 is 4.79 Å². The van der Waals surface area contributed by atoms with E-state index in [0.29, 0.717) is 17.5 Å². The molecule has 1 saturated carbocycles. The van der Waals surface area contributed by atoms with Crippen LogP contribution in [0.1, 0.15) is 37.7 Å². The minimum absolute atomic E-state index is 0.0375. The summed E-state index contributed by atoms with van der Waals surface area (Å²) < 4.78 is 0. The van der Waals surface area contributed by atoms with Gasteiger partial charge in [-0.1, -0.05) is 12.8 Å². The molecule has 2 aliphatic heterocycles. The molecule has 4 rings (SSSR count). The number of carbonyl (C=O) groups is 1. The van der Waals surface area contributed by atoms with E-state index in [9.17, 15) is 4.79 Å². The van der Waals surface area contributed by atoms with E-state index in [4.69, 9.17) is 5.26 Å². The summed E-state index contributed by atoms with van der Waals surface area (Å²) in [5.41, 5.74) is 2.57. The van der Waals surface area contributed by atoms with E-state index < -0.39 is 0 Å². The summed E-state index contributed by atoms with van der Waals surface area (Å²) in [5.74, 6) is 0.757. The fourth-order valence-electron chi connectivity index (χ4n) is 4.18. The van der Waals surface area contributed by atoms with Crippen LogP contribution in [0.15, 0.2) is 18.2 Å². The van der Waals surface area contributed by atoms with Gasteiger partial charge >= 0.3 is 0 Å². The maximum Gasteiger partial charge on any atom is 0.247 e. The predicted octanol–water partition coefficient (Wildman–Crippen LogP) is 2.65. The molecule has 1 amide bonds. The third-order valence-corrected chi connectivity index (χ3v) is 5.05. The van der Waals surface area contributed by atoms with Gasteiger partial charge in [0.05, 0.1) is 23.0 Å². The molecule has 4 heteroatoms. The van der Waals surface area contributed by atoms with Crippen molar-refractivity contribution in [2.24, 2.45) is 5.92 Å². The molecule has 2 heterocycles. The maximum absolute atomic E-state index is 12.3. The van der Waals surface area contributed by atoms with E-state index in [0.717, 1.165) is 17.8 Å². The number of benzene rings is 1. The predicted molar refractivity (Wildman–Crippen MR) is 76.4 cm³/mol. The molecule has 3 atom stereocenters. The van der Waals surface area contributed by atoms with Crippen molar-refractivity contribution in [2.75, 3.05) is 10.2 Å². The minimum atomic E-state index is -0.0375. The van der Waals surface area contributed by atoms with Crippen LogP contribution in [0.25, 0.3) is 0 Å². The second-order valence-electron chi connectivity index (χ2n) is 6.10. The largest absolute Gasteiger partial charge is 0.354 e. The van der Waals surface area contributed by atoms with Crippen molar-refractivity contribution in [3.8, 4) is 6.07 Å². The Balaban J connectivity index is 1.82. The molecular weight excluding hydrogens is 250 g/mol. The first kappa shape index (κ1) is 11.8. The molecule has 0 radical (unpaired) electrons. The summed E-state index contributed by atoms with van der Waals surface area (Å²) in [5, 5.41) is 12.1. The van der Waals surface area contributed by atoms with Gasteiger partial charge in [-0.05, 0) is 43.4 Å². The first-order chi connectivity index (χ1) is 9.78. The van der Waals surface area contributed by atoms with Crippen molar-refractivity contribution >= 4 is 17.3 Å². The van der Waals surface area contributed by atoms with Crippen LogP contribution in [0, 0.1) is 17.2 Å². The zero-order valence-electron chi connectivity index (χ0n) is 11.3. The van der Waals surface area contributed by atoms with Crippen molar-refractivity contribution in [1.82, 2.24) is 0 Å². The topological polar surface area (TPSA) is 56.1 Å². The molecule has 20 heavy (non-hydrogen) atoms. The van der Waals surface area contributed by atoms with Gasteiger partial charge in [0.15, 0.2) is 0 Å². The van der Waals surface area contributed by atoms with Gasteiger partial charge in [-0.3, -0.25) is 4.79 Å². The monoisotopic (exact) mass is 267 g/mol. The summed E-state index contributed by atoms with van der Waals surface area (Å²) in [7, 11) is 0. The van der Waals surface area contributed by atoms with Gasteiger partial charge in [-0.25, -0.2) is 0 Å². The number of carbonyl (C=O) groups excluding carboxylic acids is 1. The van der Waals surface area contributed by atoms with Gasteiger partial charge in [-0.2, -0.15) is 5.26 Å². The normalized spacial score (nSPS) is 30.9. The Kier molecular flexibility index (Phi) is 2.50. The number of nitrogens with one attached hydrogen (secondary N) is 1. The van der Waals surface area contributed by atoms with E-state index in [-0.39, 0.29) is 11.9 Å². The van der Waals surface area contributed by atoms with E-state index in [1.807, 2.05) is 12.1 Å². The summed E-state index contributed by atoms with van der Waals surface area (Å²) in [6.07, 6.45) is 5.91. The van der Waals surface area contributed by atoms with Gasteiger partial charge in [0, 0.05) is 6.04 Å².